The van der Waals surface area contributed by atoms with Crippen LogP contribution in [0.1, 0.15) is 25.3 Å². The van der Waals surface area contributed by atoms with Crippen LogP contribution in [0.4, 0.5) is 0 Å². The number of aryl methyl sites for hydroxylation is 1. The van der Waals surface area contributed by atoms with Gasteiger partial charge >= 0.3 is 0 Å². The van der Waals surface area contributed by atoms with Crippen molar-refractivity contribution in [3.8, 4) is 11.5 Å². The van der Waals surface area contributed by atoms with Crippen LogP contribution in [0.5, 0.6) is 11.5 Å². The molecule has 0 amide bonds. The molecule has 1 rings (SSSR count). The summed E-state index contributed by atoms with van der Waals surface area (Å²) < 4.78 is 10.6. The van der Waals surface area contributed by atoms with Crippen molar-refractivity contribution in [2.75, 3.05) is 14.2 Å². The molecule has 0 aliphatic carbocycles. The molecule has 118 valence electrons. The first-order chi connectivity index (χ1) is 9.92. The second kappa shape index (κ2) is 8.28. The zero-order valence-corrected chi connectivity index (χ0v) is 15.4. The Bertz CT molecular complexity index is 461. The lowest BCUT2D eigenvalue weighted by Crippen LogP contribution is -2.26. The third-order valence-corrected chi connectivity index (χ3v) is 6.67. The van der Waals surface area contributed by atoms with Crippen LogP contribution < -0.4 is 9.47 Å². The molecule has 1 aromatic carbocycles. The normalized spacial score (nSPS) is 13.4. The quantitative estimate of drug-likeness (QED) is 0.478. The molecule has 0 heterocycles. The Morgan fingerprint density at radius 1 is 1.10 bits per heavy atom. The van der Waals surface area contributed by atoms with Crippen LogP contribution in [-0.4, -0.2) is 22.3 Å². The first-order valence-corrected chi connectivity index (χ1v) is 11.3. The molecule has 0 saturated heterocycles. The monoisotopic (exact) mass is 306 g/mol. The summed E-state index contributed by atoms with van der Waals surface area (Å²) in [6.45, 7) is 9.48. The van der Waals surface area contributed by atoms with Gasteiger partial charge in [0.15, 0.2) is 11.5 Å². The molecular weight excluding hydrogens is 276 g/mol. The van der Waals surface area contributed by atoms with Crippen molar-refractivity contribution in [1.82, 2.24) is 0 Å². The van der Waals surface area contributed by atoms with E-state index in [1.54, 1.807) is 14.2 Å². The summed E-state index contributed by atoms with van der Waals surface area (Å²) in [5.41, 5.74) is 2.09. The fraction of sp³-hybridized carbons (Fsp3) is 0.556. The number of ether oxygens (including phenoxy) is 2. The summed E-state index contributed by atoms with van der Waals surface area (Å²) in [6.07, 6.45) is 8.20. The molecule has 0 N–H and O–H groups in total. The topological polar surface area (TPSA) is 18.5 Å². The molecule has 1 atom stereocenters. The SMILES string of the molecule is C/C=C/C(CCCc1ccc(OC)c(OC)c1)[Si](C)(C)C. The summed E-state index contributed by atoms with van der Waals surface area (Å²) in [4.78, 5) is 0. The number of hydrogen-bond donors (Lipinski definition) is 0. The summed E-state index contributed by atoms with van der Waals surface area (Å²) in [5, 5.41) is 0. The molecule has 2 nitrogen and oxygen atoms in total. The van der Waals surface area contributed by atoms with Crippen LogP contribution >= 0.6 is 0 Å². The average Bonchev–Trinajstić information content (AvgIpc) is 2.45. The van der Waals surface area contributed by atoms with Gasteiger partial charge in [-0.1, -0.05) is 37.9 Å². The fourth-order valence-electron chi connectivity index (χ4n) is 2.61. The van der Waals surface area contributed by atoms with Crippen molar-refractivity contribution >= 4 is 8.07 Å². The second-order valence-corrected chi connectivity index (χ2v) is 12.1. The maximum atomic E-state index is 5.37. The third kappa shape index (κ3) is 5.58. The molecule has 0 bridgehead atoms. The van der Waals surface area contributed by atoms with Crippen LogP contribution in [0.25, 0.3) is 0 Å². The molecule has 0 aliphatic heterocycles. The predicted molar refractivity (Wildman–Crippen MR) is 94.4 cm³/mol. The Balaban J connectivity index is 2.63. The minimum absolute atomic E-state index is 0.766. The first-order valence-electron chi connectivity index (χ1n) is 7.76. The van der Waals surface area contributed by atoms with E-state index in [9.17, 15) is 0 Å². The van der Waals surface area contributed by atoms with Crippen molar-refractivity contribution in [1.29, 1.82) is 0 Å². The van der Waals surface area contributed by atoms with E-state index in [-0.39, 0.29) is 0 Å². The Hall–Kier alpha value is -1.22. The molecule has 1 unspecified atom stereocenters. The van der Waals surface area contributed by atoms with E-state index in [0.717, 1.165) is 23.5 Å². The summed E-state index contributed by atoms with van der Waals surface area (Å²) in [6, 6.07) is 6.23. The predicted octanol–water partition coefficient (Wildman–Crippen LogP) is 5.31. The highest BCUT2D eigenvalue weighted by atomic mass is 28.3. The van der Waals surface area contributed by atoms with E-state index >= 15 is 0 Å². The average molecular weight is 307 g/mol. The van der Waals surface area contributed by atoms with E-state index in [2.05, 4.69) is 50.8 Å². The van der Waals surface area contributed by atoms with E-state index in [4.69, 9.17) is 9.47 Å². The molecule has 0 aliphatic rings. The second-order valence-electron chi connectivity index (χ2n) is 6.58. The van der Waals surface area contributed by atoms with Gasteiger partial charge in [0, 0.05) is 0 Å². The van der Waals surface area contributed by atoms with Gasteiger partial charge in [0.25, 0.3) is 0 Å². The Morgan fingerprint density at radius 2 is 1.76 bits per heavy atom. The van der Waals surface area contributed by atoms with Gasteiger partial charge in [-0.05, 0) is 49.4 Å². The van der Waals surface area contributed by atoms with Crippen LogP contribution in [0.2, 0.25) is 25.2 Å². The molecule has 1 aromatic rings. The third-order valence-electron chi connectivity index (χ3n) is 3.97. The number of allylic oxidation sites excluding steroid dienone is 2. The van der Waals surface area contributed by atoms with E-state index in [0.29, 0.717) is 0 Å². The molecule has 3 heteroatoms. The van der Waals surface area contributed by atoms with Crippen molar-refractivity contribution in [3.05, 3.63) is 35.9 Å². The minimum Gasteiger partial charge on any atom is -0.493 e. The zero-order chi connectivity index (χ0) is 15.9. The lowest BCUT2D eigenvalue weighted by molar-refractivity contribution is 0.354. The highest BCUT2D eigenvalue weighted by Gasteiger charge is 2.23. The van der Waals surface area contributed by atoms with Gasteiger partial charge in [-0.15, -0.1) is 0 Å². The van der Waals surface area contributed by atoms with Crippen molar-refractivity contribution < 1.29 is 9.47 Å². The van der Waals surface area contributed by atoms with Crippen LogP contribution in [-0.2, 0) is 6.42 Å². The standard InChI is InChI=1S/C18H30O2Si/c1-7-9-16(21(4,5)6)11-8-10-15-12-13-17(19-2)18(14-15)20-3/h7,9,12-14,16H,8,10-11H2,1-6H3/b9-7+. The van der Waals surface area contributed by atoms with Gasteiger partial charge in [-0.2, -0.15) is 0 Å². The van der Waals surface area contributed by atoms with Crippen molar-refractivity contribution in [2.24, 2.45) is 0 Å². The summed E-state index contributed by atoms with van der Waals surface area (Å²) in [5.74, 6) is 1.63. The highest BCUT2D eigenvalue weighted by molar-refractivity contribution is 6.78. The first kappa shape index (κ1) is 17.8. The maximum Gasteiger partial charge on any atom is 0.160 e. The highest BCUT2D eigenvalue weighted by Crippen LogP contribution is 2.31. The largest absolute Gasteiger partial charge is 0.493 e. The number of rotatable bonds is 8. The van der Waals surface area contributed by atoms with Crippen LogP contribution in [0.15, 0.2) is 30.4 Å². The molecule has 21 heavy (non-hydrogen) atoms. The smallest absolute Gasteiger partial charge is 0.160 e. The van der Waals surface area contributed by atoms with Crippen molar-refractivity contribution in [2.45, 2.75) is 51.4 Å². The van der Waals surface area contributed by atoms with Crippen LogP contribution in [0, 0.1) is 0 Å². The molecule has 0 saturated carbocycles. The van der Waals surface area contributed by atoms with Gasteiger partial charge in [-0.25, -0.2) is 0 Å². The maximum absolute atomic E-state index is 5.37. The molecule has 0 aromatic heterocycles. The van der Waals surface area contributed by atoms with E-state index in [1.165, 1.54) is 18.4 Å². The Morgan fingerprint density at radius 3 is 2.29 bits per heavy atom. The number of methoxy groups -OCH3 is 2. The summed E-state index contributed by atoms with van der Waals surface area (Å²) in [7, 11) is 2.25. The number of benzene rings is 1. The molecule has 0 spiro atoms. The van der Waals surface area contributed by atoms with Gasteiger partial charge in [0.2, 0.25) is 0 Å². The van der Waals surface area contributed by atoms with Gasteiger partial charge in [0.05, 0.1) is 22.3 Å². The summed E-state index contributed by atoms with van der Waals surface area (Å²) >= 11 is 0. The Kier molecular flexibility index (Phi) is 7.03. The lowest BCUT2D eigenvalue weighted by Gasteiger charge is -2.26. The van der Waals surface area contributed by atoms with Crippen LogP contribution in [0.3, 0.4) is 0 Å². The van der Waals surface area contributed by atoms with Gasteiger partial charge in [0.1, 0.15) is 0 Å². The lowest BCUT2D eigenvalue weighted by atomic mass is 10.1. The number of hydrogen-bond acceptors (Lipinski definition) is 2. The fourth-order valence-corrected chi connectivity index (χ4v) is 4.45. The van der Waals surface area contributed by atoms with E-state index in [1.807, 2.05) is 6.07 Å². The molecule has 0 radical (unpaired) electrons. The van der Waals surface area contributed by atoms with Gasteiger partial charge < -0.3 is 9.47 Å². The van der Waals surface area contributed by atoms with Crippen molar-refractivity contribution in [3.63, 3.8) is 0 Å². The Labute approximate surface area is 131 Å². The molecular formula is C18H30O2Si. The zero-order valence-electron chi connectivity index (χ0n) is 14.4. The van der Waals surface area contributed by atoms with E-state index < -0.39 is 8.07 Å². The molecule has 0 fully saturated rings. The minimum atomic E-state index is -1.11. The van der Waals surface area contributed by atoms with Gasteiger partial charge in [-0.3, -0.25) is 0 Å².